The number of para-hydroxylation sites is 3. The molecule has 178 valence electrons. The van der Waals surface area contributed by atoms with Crippen molar-refractivity contribution in [2.24, 2.45) is 0 Å². The molecule has 0 saturated carbocycles. The quantitative estimate of drug-likeness (QED) is 0.252. The molecule has 1 aromatic heterocycles. The number of ether oxygens (including phenoxy) is 2. The molecule has 4 aromatic carbocycles. The summed E-state index contributed by atoms with van der Waals surface area (Å²) >= 11 is 1.50. The molecule has 0 N–H and O–H groups in total. The highest BCUT2D eigenvalue weighted by Gasteiger charge is 2.36. The van der Waals surface area contributed by atoms with Gasteiger partial charge in [0, 0.05) is 11.1 Å². The zero-order valence-electron chi connectivity index (χ0n) is 19.8. The Kier molecular flexibility index (Phi) is 5.87. The molecule has 0 bridgehead atoms. The predicted molar refractivity (Wildman–Crippen MR) is 143 cm³/mol. The SMILES string of the molecule is CCOc1cccc2sc(N(Cc3ccccc3)C(=O)C3c4ccccc4Oc4ccccc43)nc12. The third-order valence-corrected chi connectivity index (χ3v) is 7.32. The molecule has 1 aliphatic rings. The minimum absolute atomic E-state index is 0.0425. The van der Waals surface area contributed by atoms with Crippen LogP contribution in [0.15, 0.2) is 97.1 Å². The lowest BCUT2D eigenvalue weighted by atomic mass is 9.87. The van der Waals surface area contributed by atoms with Crippen molar-refractivity contribution in [3.8, 4) is 17.2 Å². The Hall–Kier alpha value is -4.16. The Bertz CT molecular complexity index is 1500. The summed E-state index contributed by atoms with van der Waals surface area (Å²) in [6, 6.07) is 31.5. The largest absolute Gasteiger partial charge is 0.492 e. The molecule has 5 nitrogen and oxygen atoms in total. The first-order valence-corrected chi connectivity index (χ1v) is 12.8. The highest BCUT2D eigenvalue weighted by molar-refractivity contribution is 7.22. The van der Waals surface area contributed by atoms with Crippen LogP contribution in [-0.2, 0) is 11.3 Å². The fourth-order valence-corrected chi connectivity index (χ4v) is 5.62. The first-order chi connectivity index (χ1) is 17.7. The molecular formula is C30H24N2O3S. The highest BCUT2D eigenvalue weighted by Crippen LogP contribution is 2.46. The molecule has 36 heavy (non-hydrogen) atoms. The number of carbonyl (C=O) groups excluding carboxylic acids is 1. The van der Waals surface area contributed by atoms with E-state index in [0.29, 0.717) is 29.8 Å². The van der Waals surface area contributed by atoms with Crippen LogP contribution >= 0.6 is 11.3 Å². The van der Waals surface area contributed by atoms with Crippen molar-refractivity contribution in [1.29, 1.82) is 0 Å². The van der Waals surface area contributed by atoms with Gasteiger partial charge in [0.15, 0.2) is 5.13 Å². The number of aromatic nitrogens is 1. The second-order valence-electron chi connectivity index (χ2n) is 8.55. The maximum Gasteiger partial charge on any atom is 0.241 e. The van der Waals surface area contributed by atoms with Gasteiger partial charge in [-0.1, -0.05) is 84.1 Å². The van der Waals surface area contributed by atoms with Crippen LogP contribution in [0, 0.1) is 0 Å². The van der Waals surface area contributed by atoms with Crippen LogP contribution in [0.1, 0.15) is 29.5 Å². The summed E-state index contributed by atoms with van der Waals surface area (Å²) in [5.41, 5.74) is 3.52. The van der Waals surface area contributed by atoms with Gasteiger partial charge in [-0.25, -0.2) is 4.98 Å². The number of fused-ring (bicyclic) bond motifs is 3. The summed E-state index contributed by atoms with van der Waals surface area (Å²) in [6.45, 7) is 2.91. The summed E-state index contributed by atoms with van der Waals surface area (Å²) in [7, 11) is 0. The van der Waals surface area contributed by atoms with Crippen LogP contribution in [0.3, 0.4) is 0 Å². The number of hydrogen-bond acceptors (Lipinski definition) is 5. The van der Waals surface area contributed by atoms with Crippen molar-refractivity contribution in [1.82, 2.24) is 4.98 Å². The van der Waals surface area contributed by atoms with Gasteiger partial charge >= 0.3 is 0 Å². The second kappa shape index (κ2) is 9.47. The van der Waals surface area contributed by atoms with Crippen molar-refractivity contribution < 1.29 is 14.3 Å². The third-order valence-electron chi connectivity index (χ3n) is 6.28. The van der Waals surface area contributed by atoms with E-state index in [4.69, 9.17) is 14.5 Å². The van der Waals surface area contributed by atoms with Crippen molar-refractivity contribution in [3.05, 3.63) is 114 Å². The smallest absolute Gasteiger partial charge is 0.241 e. The number of benzene rings is 4. The lowest BCUT2D eigenvalue weighted by molar-refractivity contribution is -0.119. The monoisotopic (exact) mass is 492 g/mol. The number of amides is 1. The van der Waals surface area contributed by atoms with Crippen LogP contribution in [0.5, 0.6) is 17.2 Å². The first-order valence-electron chi connectivity index (χ1n) is 12.0. The molecule has 0 spiro atoms. The van der Waals surface area contributed by atoms with E-state index >= 15 is 0 Å². The first kappa shape index (κ1) is 22.3. The lowest BCUT2D eigenvalue weighted by Crippen LogP contribution is -2.36. The number of anilines is 1. The number of carbonyl (C=O) groups is 1. The third kappa shape index (κ3) is 3.99. The lowest BCUT2D eigenvalue weighted by Gasteiger charge is -2.31. The molecule has 5 aromatic rings. The molecule has 2 heterocycles. The van der Waals surface area contributed by atoms with Crippen molar-refractivity contribution >= 4 is 32.6 Å². The van der Waals surface area contributed by atoms with E-state index in [1.54, 1.807) is 4.90 Å². The standard InChI is InChI=1S/C30H24N2O3S/c1-2-34-25-17-10-18-26-28(25)31-30(36-26)32(19-20-11-4-3-5-12-20)29(33)27-21-13-6-8-15-23(21)35-24-16-9-7-14-22(24)27/h3-18,27H,2,19H2,1H3. The highest BCUT2D eigenvalue weighted by atomic mass is 32.1. The van der Waals surface area contributed by atoms with E-state index in [9.17, 15) is 4.79 Å². The number of nitrogens with zero attached hydrogens (tertiary/aromatic N) is 2. The van der Waals surface area contributed by atoms with Crippen molar-refractivity contribution in [3.63, 3.8) is 0 Å². The zero-order chi connectivity index (χ0) is 24.5. The molecule has 1 aliphatic heterocycles. The van der Waals surface area contributed by atoms with E-state index < -0.39 is 5.92 Å². The minimum Gasteiger partial charge on any atom is -0.492 e. The Morgan fingerprint density at radius 1 is 0.889 bits per heavy atom. The van der Waals surface area contributed by atoms with Gasteiger partial charge in [0.25, 0.3) is 0 Å². The van der Waals surface area contributed by atoms with Crippen LogP contribution in [-0.4, -0.2) is 17.5 Å². The minimum atomic E-state index is -0.506. The summed E-state index contributed by atoms with van der Waals surface area (Å²) in [5, 5.41) is 0.646. The van der Waals surface area contributed by atoms with Gasteiger partial charge in [0.05, 0.1) is 23.8 Å². The fourth-order valence-electron chi connectivity index (χ4n) is 4.64. The zero-order valence-corrected chi connectivity index (χ0v) is 20.6. The fraction of sp³-hybridized carbons (Fsp3) is 0.133. The van der Waals surface area contributed by atoms with Gasteiger partial charge in [-0.3, -0.25) is 9.69 Å². The summed E-state index contributed by atoms with van der Waals surface area (Å²) < 4.78 is 13.0. The van der Waals surface area contributed by atoms with Gasteiger partial charge in [-0.2, -0.15) is 0 Å². The van der Waals surface area contributed by atoms with Crippen molar-refractivity contribution in [2.45, 2.75) is 19.4 Å². The van der Waals surface area contributed by atoms with Crippen LogP contribution in [0.4, 0.5) is 5.13 Å². The summed E-state index contributed by atoms with van der Waals surface area (Å²) in [6.07, 6.45) is 0. The van der Waals surface area contributed by atoms with Crippen LogP contribution < -0.4 is 14.4 Å². The maximum atomic E-state index is 14.5. The molecule has 0 saturated heterocycles. The van der Waals surface area contributed by atoms with Gasteiger partial charge in [0.1, 0.15) is 22.8 Å². The predicted octanol–water partition coefficient (Wildman–Crippen LogP) is 7.17. The number of thiazole rings is 1. The molecular weight excluding hydrogens is 468 g/mol. The maximum absolute atomic E-state index is 14.5. The topological polar surface area (TPSA) is 51.7 Å². The molecule has 1 amide bonds. The van der Waals surface area contributed by atoms with E-state index in [1.165, 1.54) is 11.3 Å². The number of hydrogen-bond donors (Lipinski definition) is 0. The molecule has 0 unspecified atom stereocenters. The summed E-state index contributed by atoms with van der Waals surface area (Å²) in [5.74, 6) is 1.59. The van der Waals surface area contributed by atoms with Crippen molar-refractivity contribution in [2.75, 3.05) is 11.5 Å². The molecule has 0 atom stereocenters. The molecule has 6 heteroatoms. The molecule has 6 rings (SSSR count). The van der Waals surface area contributed by atoms with E-state index in [-0.39, 0.29) is 5.91 Å². The summed E-state index contributed by atoms with van der Waals surface area (Å²) in [4.78, 5) is 21.2. The van der Waals surface area contributed by atoms with Gasteiger partial charge in [-0.05, 0) is 36.8 Å². The second-order valence-corrected chi connectivity index (χ2v) is 9.56. The van der Waals surface area contributed by atoms with Crippen LogP contribution in [0.25, 0.3) is 10.2 Å². The van der Waals surface area contributed by atoms with Crippen LogP contribution in [0.2, 0.25) is 0 Å². The Balaban J connectivity index is 1.49. The van der Waals surface area contributed by atoms with Gasteiger partial charge in [0.2, 0.25) is 5.91 Å². The van der Waals surface area contributed by atoms with Gasteiger partial charge < -0.3 is 9.47 Å². The normalized spacial score (nSPS) is 12.5. The average molecular weight is 493 g/mol. The Labute approximate surface area is 213 Å². The molecule has 0 radical (unpaired) electrons. The molecule has 0 fully saturated rings. The van der Waals surface area contributed by atoms with E-state index in [2.05, 4.69) is 0 Å². The number of rotatable bonds is 6. The Morgan fingerprint density at radius 2 is 1.56 bits per heavy atom. The average Bonchev–Trinajstić information content (AvgIpc) is 3.36. The van der Waals surface area contributed by atoms with E-state index in [0.717, 1.165) is 32.7 Å². The molecule has 0 aliphatic carbocycles. The van der Waals surface area contributed by atoms with Gasteiger partial charge in [-0.15, -0.1) is 0 Å². The van der Waals surface area contributed by atoms with E-state index in [1.807, 2.05) is 104 Å². The Morgan fingerprint density at radius 3 is 2.25 bits per heavy atom.